The molecule has 1 aliphatic carbocycles. The van der Waals surface area contributed by atoms with Gasteiger partial charge in [0.1, 0.15) is 4.88 Å². The minimum Gasteiger partial charge on any atom is -0.465 e. The third-order valence-electron chi connectivity index (χ3n) is 5.07. The van der Waals surface area contributed by atoms with Crippen LogP contribution in [0.15, 0.2) is 36.4 Å². The molecule has 26 heavy (non-hydrogen) atoms. The van der Waals surface area contributed by atoms with E-state index in [2.05, 4.69) is 57.3 Å². The fourth-order valence-corrected chi connectivity index (χ4v) is 5.57. The Morgan fingerprint density at radius 2 is 1.81 bits per heavy atom. The Hall–Kier alpha value is -1.81. The summed E-state index contributed by atoms with van der Waals surface area (Å²) in [4.78, 5) is 13.4. The smallest absolute Gasteiger partial charge is 0.348 e. The molecule has 3 rings (SSSR count). The largest absolute Gasteiger partial charge is 0.465 e. The van der Waals surface area contributed by atoms with Gasteiger partial charge in [-0.25, -0.2) is 4.79 Å². The van der Waals surface area contributed by atoms with Crippen LogP contribution in [0.5, 0.6) is 0 Å². The second-order valence-corrected chi connectivity index (χ2v) is 10.1. The van der Waals surface area contributed by atoms with Crippen LogP contribution in [0.1, 0.15) is 56.6 Å². The predicted molar refractivity (Wildman–Crippen MR) is 110 cm³/mol. The average Bonchev–Trinajstić information content (AvgIpc) is 3.01. The zero-order valence-electron chi connectivity index (χ0n) is 16.4. The van der Waals surface area contributed by atoms with E-state index >= 15 is 0 Å². The van der Waals surface area contributed by atoms with Gasteiger partial charge in [0.2, 0.25) is 0 Å². The molecule has 0 saturated heterocycles. The van der Waals surface area contributed by atoms with Gasteiger partial charge in [-0.3, -0.25) is 0 Å². The number of methoxy groups -OCH3 is 1. The van der Waals surface area contributed by atoms with Gasteiger partial charge in [0.15, 0.2) is 0 Å². The molecule has 4 heteroatoms. The lowest BCUT2D eigenvalue weighted by Gasteiger charge is -2.45. The Morgan fingerprint density at radius 1 is 1.12 bits per heavy atom. The van der Waals surface area contributed by atoms with Crippen molar-refractivity contribution in [2.24, 2.45) is 10.8 Å². The van der Waals surface area contributed by atoms with Crippen LogP contribution in [-0.2, 0) is 4.74 Å². The number of benzene rings is 1. The third kappa shape index (κ3) is 4.47. The zero-order valence-corrected chi connectivity index (χ0v) is 17.2. The molecule has 1 N–H and O–H groups in total. The average molecular weight is 372 g/mol. The fourth-order valence-electron chi connectivity index (χ4n) is 4.65. The summed E-state index contributed by atoms with van der Waals surface area (Å²) in [6.45, 7) is 9.50. The van der Waals surface area contributed by atoms with Gasteiger partial charge < -0.3 is 10.1 Å². The van der Waals surface area contributed by atoms with Gasteiger partial charge in [-0.1, -0.05) is 39.8 Å². The molecule has 0 bridgehead atoms. The van der Waals surface area contributed by atoms with E-state index in [1.165, 1.54) is 37.7 Å². The molecule has 1 heterocycles. The van der Waals surface area contributed by atoms with Gasteiger partial charge in [0.25, 0.3) is 0 Å². The van der Waals surface area contributed by atoms with E-state index in [0.29, 0.717) is 21.7 Å². The highest BCUT2D eigenvalue weighted by Gasteiger charge is 2.38. The van der Waals surface area contributed by atoms with Crippen LogP contribution in [0.3, 0.4) is 0 Å². The summed E-state index contributed by atoms with van der Waals surface area (Å²) < 4.78 is 4.81. The Balaban J connectivity index is 1.77. The lowest BCUT2D eigenvalue weighted by atomic mass is 9.63. The van der Waals surface area contributed by atoms with Crippen LogP contribution >= 0.6 is 11.3 Å². The molecule has 0 unspecified atom stereocenters. The molecule has 1 saturated carbocycles. The Kier molecular flexibility index (Phi) is 5.16. The van der Waals surface area contributed by atoms with Crippen molar-refractivity contribution in [1.29, 1.82) is 0 Å². The molecular formula is C22H29NO2S. The minimum atomic E-state index is -0.276. The van der Waals surface area contributed by atoms with Crippen molar-refractivity contribution in [2.75, 3.05) is 12.4 Å². The molecule has 140 valence electrons. The Bertz CT molecular complexity index is 775. The van der Waals surface area contributed by atoms with Crippen molar-refractivity contribution >= 4 is 23.0 Å². The van der Waals surface area contributed by atoms with Crippen LogP contribution in [-0.4, -0.2) is 19.1 Å². The molecule has 1 aromatic carbocycles. The highest BCUT2D eigenvalue weighted by atomic mass is 32.1. The predicted octanol–water partition coefficient (Wildman–Crippen LogP) is 6.22. The van der Waals surface area contributed by atoms with E-state index in [4.69, 9.17) is 4.74 Å². The second-order valence-electron chi connectivity index (χ2n) is 8.99. The standard InChI is InChI=1S/C22H29NO2S/c1-21(2)12-17(13-22(3,4)14-21)23-16-8-6-7-15(11-16)18-9-10-19(26-18)20(24)25-5/h6-11,17,23H,12-14H2,1-5H3. The number of carbonyl (C=O) groups is 1. The number of carbonyl (C=O) groups excluding carboxylic acids is 1. The highest BCUT2D eigenvalue weighted by molar-refractivity contribution is 7.17. The lowest BCUT2D eigenvalue weighted by molar-refractivity contribution is 0.0606. The van der Waals surface area contributed by atoms with Crippen molar-refractivity contribution in [1.82, 2.24) is 0 Å². The van der Waals surface area contributed by atoms with Crippen molar-refractivity contribution in [3.63, 3.8) is 0 Å². The molecule has 3 nitrogen and oxygen atoms in total. The summed E-state index contributed by atoms with van der Waals surface area (Å²) in [7, 11) is 1.42. The number of ether oxygens (including phenoxy) is 1. The molecule has 0 amide bonds. The minimum absolute atomic E-state index is 0.276. The summed E-state index contributed by atoms with van der Waals surface area (Å²) in [5, 5.41) is 3.76. The topological polar surface area (TPSA) is 38.3 Å². The fraction of sp³-hybridized carbons (Fsp3) is 0.500. The number of hydrogen-bond donors (Lipinski definition) is 1. The summed E-state index contributed by atoms with van der Waals surface area (Å²) in [5.41, 5.74) is 3.00. The van der Waals surface area contributed by atoms with Gasteiger partial charge in [-0.15, -0.1) is 11.3 Å². The number of thiophene rings is 1. The van der Waals surface area contributed by atoms with Crippen LogP contribution in [0.25, 0.3) is 10.4 Å². The molecular weight excluding hydrogens is 342 g/mol. The maximum Gasteiger partial charge on any atom is 0.348 e. The van der Waals surface area contributed by atoms with E-state index in [0.717, 1.165) is 16.1 Å². The SMILES string of the molecule is COC(=O)c1ccc(-c2cccc(NC3CC(C)(C)CC(C)(C)C3)c2)s1. The number of anilines is 1. The zero-order chi connectivity index (χ0) is 18.9. The van der Waals surface area contributed by atoms with Crippen molar-refractivity contribution in [3.05, 3.63) is 41.3 Å². The van der Waals surface area contributed by atoms with E-state index in [-0.39, 0.29) is 5.97 Å². The Labute approximate surface area is 160 Å². The van der Waals surface area contributed by atoms with Gasteiger partial charge >= 0.3 is 5.97 Å². The van der Waals surface area contributed by atoms with Gasteiger partial charge in [0, 0.05) is 16.6 Å². The first kappa shape index (κ1) is 19.0. The monoisotopic (exact) mass is 371 g/mol. The molecule has 0 aliphatic heterocycles. The van der Waals surface area contributed by atoms with E-state index < -0.39 is 0 Å². The number of hydrogen-bond acceptors (Lipinski definition) is 4. The summed E-state index contributed by atoms with van der Waals surface area (Å²) in [5.74, 6) is -0.276. The van der Waals surface area contributed by atoms with Crippen molar-refractivity contribution < 1.29 is 9.53 Å². The molecule has 2 aromatic rings. The number of nitrogens with one attached hydrogen (secondary N) is 1. The molecule has 0 spiro atoms. The maximum atomic E-state index is 11.7. The number of esters is 1. The molecule has 0 atom stereocenters. The molecule has 1 aliphatic rings. The molecule has 1 aromatic heterocycles. The summed E-state index contributed by atoms with van der Waals surface area (Å²) >= 11 is 1.47. The first-order chi connectivity index (χ1) is 12.2. The lowest BCUT2D eigenvalue weighted by Crippen LogP contribution is -2.40. The van der Waals surface area contributed by atoms with Crippen LogP contribution in [0.4, 0.5) is 5.69 Å². The quantitative estimate of drug-likeness (QED) is 0.649. The van der Waals surface area contributed by atoms with Crippen LogP contribution in [0.2, 0.25) is 0 Å². The molecule has 0 radical (unpaired) electrons. The second kappa shape index (κ2) is 7.07. The first-order valence-corrected chi connectivity index (χ1v) is 10.0. The van der Waals surface area contributed by atoms with Crippen LogP contribution < -0.4 is 5.32 Å². The van der Waals surface area contributed by atoms with E-state index in [1.54, 1.807) is 0 Å². The van der Waals surface area contributed by atoms with Gasteiger partial charge in [-0.05, 0) is 59.9 Å². The van der Waals surface area contributed by atoms with E-state index in [1.807, 2.05) is 12.1 Å². The number of rotatable bonds is 4. The van der Waals surface area contributed by atoms with Gasteiger partial charge in [-0.2, -0.15) is 0 Å². The summed E-state index contributed by atoms with van der Waals surface area (Å²) in [6, 6.07) is 12.8. The van der Waals surface area contributed by atoms with Crippen LogP contribution in [0, 0.1) is 10.8 Å². The van der Waals surface area contributed by atoms with Crippen molar-refractivity contribution in [2.45, 2.75) is 53.0 Å². The first-order valence-electron chi connectivity index (χ1n) is 9.23. The Morgan fingerprint density at radius 3 is 2.46 bits per heavy atom. The normalized spacial score (nSPS) is 19.1. The molecule has 1 fully saturated rings. The highest BCUT2D eigenvalue weighted by Crippen LogP contribution is 2.46. The summed E-state index contributed by atoms with van der Waals surface area (Å²) in [6.07, 6.45) is 3.64. The van der Waals surface area contributed by atoms with Crippen molar-refractivity contribution in [3.8, 4) is 10.4 Å². The van der Waals surface area contributed by atoms with Gasteiger partial charge in [0.05, 0.1) is 7.11 Å². The maximum absolute atomic E-state index is 11.7. The van der Waals surface area contributed by atoms with E-state index in [9.17, 15) is 4.79 Å². The third-order valence-corrected chi connectivity index (χ3v) is 6.18.